The van der Waals surface area contributed by atoms with Crippen LogP contribution >= 0.6 is 0 Å². The molecule has 2 atom stereocenters. The third kappa shape index (κ3) is 4.02. The number of ketones is 1. The maximum Gasteiger partial charge on any atom is 0.224 e. The number of nitrogens with one attached hydrogen (secondary N) is 1. The molecule has 2 unspecified atom stereocenters. The van der Waals surface area contributed by atoms with Crippen molar-refractivity contribution in [3.63, 3.8) is 0 Å². The van der Waals surface area contributed by atoms with E-state index in [2.05, 4.69) is 5.32 Å². The predicted octanol–water partition coefficient (Wildman–Crippen LogP) is -0.0450. The number of carbonyl (C=O) groups is 3. The van der Waals surface area contributed by atoms with E-state index in [-0.39, 0.29) is 30.8 Å². The van der Waals surface area contributed by atoms with E-state index < -0.39 is 17.4 Å². The molecule has 6 heteroatoms. The Morgan fingerprint density at radius 2 is 2.16 bits per heavy atom. The van der Waals surface area contributed by atoms with Crippen LogP contribution in [0.5, 0.6) is 0 Å². The van der Waals surface area contributed by atoms with Crippen LogP contribution < -0.4 is 11.1 Å². The Morgan fingerprint density at radius 3 is 2.68 bits per heavy atom. The van der Waals surface area contributed by atoms with Crippen LogP contribution in [-0.4, -0.2) is 36.4 Å². The molecule has 1 rings (SSSR count). The molecule has 1 saturated heterocycles. The van der Waals surface area contributed by atoms with Gasteiger partial charge in [0.25, 0.3) is 0 Å². The first kappa shape index (κ1) is 15.6. The third-order valence-corrected chi connectivity index (χ3v) is 3.32. The van der Waals surface area contributed by atoms with E-state index in [4.69, 9.17) is 10.5 Å². The fourth-order valence-electron chi connectivity index (χ4n) is 1.77. The summed E-state index contributed by atoms with van der Waals surface area (Å²) >= 11 is 0. The largest absolute Gasteiger partial charge is 0.369 e. The van der Waals surface area contributed by atoms with Gasteiger partial charge in [-0.25, -0.2) is 0 Å². The SMILES string of the molecule is CCC1OCC(=O)C1NC(=O)[CH]CC(C)(C)C(N)=O. The van der Waals surface area contributed by atoms with Crippen LogP contribution in [0.25, 0.3) is 0 Å². The van der Waals surface area contributed by atoms with Crippen LogP contribution in [0.2, 0.25) is 0 Å². The molecule has 107 valence electrons. The van der Waals surface area contributed by atoms with Crippen molar-refractivity contribution in [1.82, 2.24) is 5.32 Å². The second kappa shape index (κ2) is 6.14. The Morgan fingerprint density at radius 1 is 1.53 bits per heavy atom. The minimum Gasteiger partial charge on any atom is -0.369 e. The van der Waals surface area contributed by atoms with E-state index in [1.807, 2.05) is 6.92 Å². The highest BCUT2D eigenvalue weighted by Crippen LogP contribution is 2.21. The van der Waals surface area contributed by atoms with Crippen LogP contribution in [0.4, 0.5) is 0 Å². The summed E-state index contributed by atoms with van der Waals surface area (Å²) in [6, 6.07) is -0.592. The first-order valence-electron chi connectivity index (χ1n) is 6.36. The molecular weight excluding hydrogens is 248 g/mol. The molecule has 19 heavy (non-hydrogen) atoms. The Bertz CT molecular complexity index is 379. The monoisotopic (exact) mass is 269 g/mol. The first-order chi connectivity index (χ1) is 8.77. The number of carbonyl (C=O) groups excluding carboxylic acids is 3. The number of ether oxygens (including phenoxy) is 1. The van der Waals surface area contributed by atoms with E-state index >= 15 is 0 Å². The minimum atomic E-state index is -0.780. The van der Waals surface area contributed by atoms with Crippen molar-refractivity contribution < 1.29 is 19.1 Å². The van der Waals surface area contributed by atoms with Gasteiger partial charge in [0.05, 0.1) is 12.5 Å². The van der Waals surface area contributed by atoms with Crippen LogP contribution in [0.15, 0.2) is 0 Å². The van der Waals surface area contributed by atoms with Gasteiger partial charge >= 0.3 is 0 Å². The fraction of sp³-hybridized carbons (Fsp3) is 0.692. The lowest BCUT2D eigenvalue weighted by Crippen LogP contribution is -2.45. The van der Waals surface area contributed by atoms with Crippen molar-refractivity contribution in [3.05, 3.63) is 6.42 Å². The molecule has 0 spiro atoms. The number of rotatable bonds is 6. The van der Waals surface area contributed by atoms with Gasteiger partial charge in [0.15, 0.2) is 5.78 Å². The maximum atomic E-state index is 11.7. The van der Waals surface area contributed by atoms with E-state index in [1.54, 1.807) is 13.8 Å². The molecule has 1 aliphatic rings. The minimum absolute atomic E-state index is 0.0379. The zero-order chi connectivity index (χ0) is 14.6. The third-order valence-electron chi connectivity index (χ3n) is 3.32. The summed E-state index contributed by atoms with van der Waals surface area (Å²) in [6.45, 7) is 5.26. The van der Waals surface area contributed by atoms with Crippen LogP contribution in [0.1, 0.15) is 33.6 Å². The van der Waals surface area contributed by atoms with Gasteiger partial charge in [-0.2, -0.15) is 0 Å². The second-order valence-electron chi connectivity index (χ2n) is 5.37. The van der Waals surface area contributed by atoms with Crippen LogP contribution in [-0.2, 0) is 19.1 Å². The van der Waals surface area contributed by atoms with E-state index in [1.165, 1.54) is 6.42 Å². The summed E-state index contributed by atoms with van der Waals surface area (Å²) in [5.41, 5.74) is 4.44. The molecule has 0 aromatic heterocycles. The Balaban J connectivity index is 2.47. The first-order valence-corrected chi connectivity index (χ1v) is 6.36. The highest BCUT2D eigenvalue weighted by atomic mass is 16.5. The van der Waals surface area contributed by atoms with Gasteiger partial charge in [-0.1, -0.05) is 20.8 Å². The molecule has 0 aliphatic carbocycles. The number of amides is 2. The molecule has 0 aromatic carbocycles. The van der Waals surface area contributed by atoms with E-state index in [0.29, 0.717) is 6.42 Å². The Hall–Kier alpha value is -1.43. The molecule has 1 fully saturated rings. The summed E-state index contributed by atoms with van der Waals surface area (Å²) in [5, 5.41) is 2.62. The molecule has 3 N–H and O–H groups in total. The number of hydrogen-bond acceptors (Lipinski definition) is 4. The van der Waals surface area contributed by atoms with Gasteiger partial charge in [-0.3, -0.25) is 14.4 Å². The quantitative estimate of drug-likeness (QED) is 0.706. The zero-order valence-corrected chi connectivity index (χ0v) is 11.6. The van der Waals surface area contributed by atoms with Gasteiger partial charge in [-0.05, 0) is 12.8 Å². The molecule has 0 saturated carbocycles. The second-order valence-corrected chi connectivity index (χ2v) is 5.37. The average Bonchev–Trinajstić information content (AvgIpc) is 2.68. The van der Waals surface area contributed by atoms with Crippen LogP contribution in [0, 0.1) is 11.8 Å². The van der Waals surface area contributed by atoms with Crippen molar-refractivity contribution in [2.45, 2.75) is 45.8 Å². The topological polar surface area (TPSA) is 98.5 Å². The van der Waals surface area contributed by atoms with Crippen molar-refractivity contribution in [1.29, 1.82) is 0 Å². The Kier molecular flexibility index (Phi) is 5.05. The average molecular weight is 269 g/mol. The molecular formula is C13H21N2O4. The van der Waals surface area contributed by atoms with E-state index in [9.17, 15) is 14.4 Å². The van der Waals surface area contributed by atoms with Crippen molar-refractivity contribution in [3.8, 4) is 0 Å². The summed E-state index contributed by atoms with van der Waals surface area (Å²) < 4.78 is 5.26. The number of Topliss-reactive ketones (excluding diaryl/α,β-unsaturated/α-hetero) is 1. The van der Waals surface area contributed by atoms with Gasteiger partial charge in [0, 0.05) is 5.41 Å². The molecule has 0 bridgehead atoms. The fourth-order valence-corrected chi connectivity index (χ4v) is 1.77. The molecule has 1 radical (unpaired) electrons. The van der Waals surface area contributed by atoms with Gasteiger partial charge in [0.1, 0.15) is 12.6 Å². The Labute approximate surface area is 113 Å². The number of nitrogens with two attached hydrogens (primary N) is 1. The lowest BCUT2D eigenvalue weighted by molar-refractivity contribution is -0.127. The van der Waals surface area contributed by atoms with Gasteiger partial charge < -0.3 is 15.8 Å². The molecule has 6 nitrogen and oxygen atoms in total. The summed E-state index contributed by atoms with van der Waals surface area (Å²) in [4.78, 5) is 34.4. The lowest BCUT2D eigenvalue weighted by Gasteiger charge is -2.21. The standard InChI is InChI=1S/C13H21N2O4/c1-4-9-11(8(16)7-19-9)15-10(17)5-6-13(2,3)12(14)18/h5,9,11H,4,6-7H2,1-3H3,(H2,14,18)(H,15,17). The molecule has 0 aromatic rings. The van der Waals surface area contributed by atoms with Crippen molar-refractivity contribution in [2.75, 3.05) is 6.61 Å². The molecule has 1 heterocycles. The number of hydrogen-bond donors (Lipinski definition) is 2. The predicted molar refractivity (Wildman–Crippen MR) is 68.9 cm³/mol. The number of primary amides is 1. The normalized spacial score (nSPS) is 23.4. The van der Waals surface area contributed by atoms with Gasteiger partial charge in [-0.15, -0.1) is 0 Å². The molecule has 1 aliphatic heterocycles. The van der Waals surface area contributed by atoms with E-state index in [0.717, 1.165) is 0 Å². The van der Waals surface area contributed by atoms with Crippen molar-refractivity contribution in [2.24, 2.45) is 11.1 Å². The maximum absolute atomic E-state index is 11.7. The molecule has 2 amide bonds. The zero-order valence-electron chi connectivity index (χ0n) is 11.6. The summed E-state index contributed by atoms with van der Waals surface area (Å²) in [5.74, 6) is -0.970. The lowest BCUT2D eigenvalue weighted by atomic mass is 9.87. The smallest absolute Gasteiger partial charge is 0.224 e. The van der Waals surface area contributed by atoms with Crippen molar-refractivity contribution >= 4 is 17.6 Å². The van der Waals surface area contributed by atoms with Crippen LogP contribution in [0.3, 0.4) is 0 Å². The highest BCUT2D eigenvalue weighted by Gasteiger charge is 2.36. The van der Waals surface area contributed by atoms with Gasteiger partial charge in [0.2, 0.25) is 11.8 Å². The highest BCUT2D eigenvalue weighted by molar-refractivity contribution is 5.94. The summed E-state index contributed by atoms with van der Waals surface area (Å²) in [6.07, 6.45) is 1.97. The summed E-state index contributed by atoms with van der Waals surface area (Å²) in [7, 11) is 0.